The summed E-state index contributed by atoms with van der Waals surface area (Å²) in [6, 6.07) is 59.4. The van der Waals surface area contributed by atoms with Gasteiger partial charge in [-0.25, -0.2) is 15.0 Å². The Morgan fingerprint density at radius 1 is 0.420 bits per heavy atom. The van der Waals surface area contributed by atoms with Crippen molar-refractivity contribution in [2.75, 3.05) is 0 Å². The van der Waals surface area contributed by atoms with Crippen molar-refractivity contribution in [3.8, 4) is 45.3 Å². The second-order valence-corrected chi connectivity index (χ2v) is 12.5. The monoisotopic (exact) mass is 639 g/mol. The van der Waals surface area contributed by atoms with Gasteiger partial charge in [-0.3, -0.25) is 9.13 Å². The molecule has 0 aliphatic heterocycles. The van der Waals surface area contributed by atoms with Gasteiger partial charge in [-0.1, -0.05) is 121 Å². The van der Waals surface area contributed by atoms with E-state index < -0.39 is 0 Å². The molecule has 5 heteroatoms. The Morgan fingerprint density at radius 2 is 1.12 bits per heavy atom. The second-order valence-electron chi connectivity index (χ2n) is 12.5. The smallest absolute Gasteiger partial charge is 0.162 e. The van der Waals surface area contributed by atoms with Gasteiger partial charge in [0.15, 0.2) is 5.82 Å². The highest BCUT2D eigenvalue weighted by molar-refractivity contribution is 6.17. The highest BCUT2D eigenvalue weighted by Gasteiger charge is 2.20. The lowest BCUT2D eigenvalue weighted by molar-refractivity contribution is 1.05. The Morgan fingerprint density at radius 3 is 1.94 bits per heavy atom. The highest BCUT2D eigenvalue weighted by atomic mass is 15.1. The summed E-state index contributed by atoms with van der Waals surface area (Å²) in [5, 5.41) is 4.67. The number of fused-ring (bicyclic) bond motifs is 6. The molecule has 0 bridgehead atoms. The maximum Gasteiger partial charge on any atom is 0.162 e. The van der Waals surface area contributed by atoms with E-state index in [0.717, 1.165) is 67.0 Å². The molecule has 5 nitrogen and oxygen atoms in total. The fourth-order valence-corrected chi connectivity index (χ4v) is 7.38. The maximum atomic E-state index is 5.23. The zero-order chi connectivity index (χ0) is 33.0. The van der Waals surface area contributed by atoms with Crippen LogP contribution in [0.15, 0.2) is 176 Å². The molecule has 234 valence electrons. The van der Waals surface area contributed by atoms with Gasteiger partial charge in [-0.05, 0) is 53.6 Å². The molecule has 0 atom stereocenters. The fourth-order valence-electron chi connectivity index (χ4n) is 7.38. The molecule has 0 saturated carbocycles. The molecule has 10 rings (SSSR count). The average Bonchev–Trinajstić information content (AvgIpc) is 3.71. The summed E-state index contributed by atoms with van der Waals surface area (Å²) in [7, 11) is 0. The summed E-state index contributed by atoms with van der Waals surface area (Å²) in [4.78, 5) is 15.1. The van der Waals surface area contributed by atoms with E-state index in [0.29, 0.717) is 5.82 Å². The van der Waals surface area contributed by atoms with E-state index in [2.05, 4.69) is 149 Å². The topological polar surface area (TPSA) is 48.5 Å². The van der Waals surface area contributed by atoms with Gasteiger partial charge in [0, 0.05) is 50.6 Å². The highest BCUT2D eigenvalue weighted by Crippen LogP contribution is 2.41. The van der Waals surface area contributed by atoms with Crippen LogP contribution < -0.4 is 0 Å². The first-order valence-corrected chi connectivity index (χ1v) is 16.8. The Bertz CT molecular complexity index is 2800. The number of aromatic nitrogens is 5. The predicted molar refractivity (Wildman–Crippen MR) is 205 cm³/mol. The molecule has 0 spiro atoms. The van der Waals surface area contributed by atoms with Crippen molar-refractivity contribution >= 4 is 43.7 Å². The van der Waals surface area contributed by atoms with Crippen LogP contribution in [0.3, 0.4) is 0 Å². The maximum absolute atomic E-state index is 5.23. The number of hydrogen-bond acceptors (Lipinski definition) is 3. The van der Waals surface area contributed by atoms with Crippen molar-refractivity contribution in [2.45, 2.75) is 0 Å². The Labute approximate surface area is 288 Å². The lowest BCUT2D eigenvalue weighted by atomic mass is 9.98. The number of nitrogens with zero attached hydrogens (tertiary/aromatic N) is 5. The molecule has 0 aliphatic carbocycles. The van der Waals surface area contributed by atoms with Crippen molar-refractivity contribution in [3.63, 3.8) is 0 Å². The number of rotatable bonds is 5. The summed E-state index contributed by atoms with van der Waals surface area (Å²) in [6.07, 6.45) is 1.87. The number of pyridine rings is 1. The van der Waals surface area contributed by atoms with E-state index in [4.69, 9.17) is 15.0 Å². The number of hydrogen-bond donors (Lipinski definition) is 0. The molecule has 6 aromatic carbocycles. The van der Waals surface area contributed by atoms with Crippen LogP contribution in [0.1, 0.15) is 0 Å². The lowest BCUT2D eigenvalue weighted by Gasteiger charge is -2.12. The molecular formula is C45H29N5. The largest absolute Gasteiger partial charge is 0.294 e. The quantitative estimate of drug-likeness (QED) is 0.188. The van der Waals surface area contributed by atoms with Crippen LogP contribution >= 0.6 is 0 Å². The molecule has 0 radical (unpaired) electrons. The minimum absolute atomic E-state index is 0.692. The summed E-state index contributed by atoms with van der Waals surface area (Å²) in [5.41, 5.74) is 10.6. The van der Waals surface area contributed by atoms with Gasteiger partial charge in [0.05, 0.1) is 22.2 Å². The van der Waals surface area contributed by atoms with Crippen LogP contribution in [-0.4, -0.2) is 24.1 Å². The SMILES string of the molecule is c1ccc(-c2cc(-n3c4ccccc4c4c(-c5ccc6c7cccnc7n(-c7ccccc7)c6c5)cccc43)nc(-c3ccccc3)n2)cc1. The average molecular weight is 640 g/mol. The van der Waals surface area contributed by atoms with Crippen LogP contribution in [0.25, 0.3) is 89.0 Å². The minimum atomic E-state index is 0.692. The van der Waals surface area contributed by atoms with E-state index in [-0.39, 0.29) is 0 Å². The molecule has 4 aromatic heterocycles. The fraction of sp³-hybridized carbons (Fsp3) is 0. The Hall–Kier alpha value is -6.85. The summed E-state index contributed by atoms with van der Waals surface area (Å²) < 4.78 is 4.56. The molecule has 0 fully saturated rings. The Kier molecular flexibility index (Phi) is 6.42. The number of para-hydroxylation sites is 2. The third-order valence-electron chi connectivity index (χ3n) is 9.59. The summed E-state index contributed by atoms with van der Waals surface area (Å²) in [6.45, 7) is 0. The molecule has 0 amide bonds. The van der Waals surface area contributed by atoms with Gasteiger partial charge in [0.1, 0.15) is 11.5 Å². The first-order valence-electron chi connectivity index (χ1n) is 16.8. The first-order chi connectivity index (χ1) is 24.8. The van der Waals surface area contributed by atoms with E-state index in [1.807, 2.05) is 36.5 Å². The van der Waals surface area contributed by atoms with Gasteiger partial charge in [-0.15, -0.1) is 0 Å². The summed E-state index contributed by atoms with van der Waals surface area (Å²) >= 11 is 0. The third kappa shape index (κ3) is 4.45. The van der Waals surface area contributed by atoms with Crippen LogP contribution in [-0.2, 0) is 0 Å². The zero-order valence-corrected chi connectivity index (χ0v) is 27.0. The van der Waals surface area contributed by atoms with Gasteiger partial charge >= 0.3 is 0 Å². The van der Waals surface area contributed by atoms with E-state index >= 15 is 0 Å². The van der Waals surface area contributed by atoms with Crippen molar-refractivity contribution in [3.05, 3.63) is 176 Å². The third-order valence-corrected chi connectivity index (χ3v) is 9.59. The van der Waals surface area contributed by atoms with Gasteiger partial charge < -0.3 is 0 Å². The van der Waals surface area contributed by atoms with Crippen LogP contribution in [0.4, 0.5) is 0 Å². The molecule has 0 unspecified atom stereocenters. The molecule has 50 heavy (non-hydrogen) atoms. The van der Waals surface area contributed by atoms with E-state index in [9.17, 15) is 0 Å². The zero-order valence-electron chi connectivity index (χ0n) is 27.0. The molecule has 0 saturated heterocycles. The van der Waals surface area contributed by atoms with Crippen molar-refractivity contribution in [1.82, 2.24) is 24.1 Å². The molecule has 4 heterocycles. The first kappa shape index (κ1) is 28.2. The van der Waals surface area contributed by atoms with Crippen molar-refractivity contribution in [2.24, 2.45) is 0 Å². The number of benzene rings is 6. The van der Waals surface area contributed by atoms with Crippen molar-refractivity contribution < 1.29 is 0 Å². The molecular weight excluding hydrogens is 611 g/mol. The van der Waals surface area contributed by atoms with E-state index in [1.165, 1.54) is 16.2 Å². The molecule has 0 N–H and O–H groups in total. The van der Waals surface area contributed by atoms with Crippen LogP contribution in [0.2, 0.25) is 0 Å². The van der Waals surface area contributed by atoms with Gasteiger partial charge in [-0.2, -0.15) is 0 Å². The predicted octanol–water partition coefficient (Wildman–Crippen LogP) is 11.1. The molecule has 0 aliphatic rings. The summed E-state index contributed by atoms with van der Waals surface area (Å²) in [5.74, 6) is 1.52. The second kappa shape index (κ2) is 11.4. The minimum Gasteiger partial charge on any atom is -0.294 e. The normalized spacial score (nSPS) is 11.6. The van der Waals surface area contributed by atoms with Gasteiger partial charge in [0.25, 0.3) is 0 Å². The van der Waals surface area contributed by atoms with Gasteiger partial charge in [0.2, 0.25) is 0 Å². The van der Waals surface area contributed by atoms with E-state index in [1.54, 1.807) is 0 Å². The Balaban J connectivity index is 1.24. The lowest BCUT2D eigenvalue weighted by Crippen LogP contribution is -2.02. The van der Waals surface area contributed by atoms with Crippen LogP contribution in [0, 0.1) is 0 Å². The molecule has 10 aromatic rings. The van der Waals surface area contributed by atoms with Crippen LogP contribution in [0.5, 0.6) is 0 Å². The van der Waals surface area contributed by atoms with Crippen molar-refractivity contribution in [1.29, 1.82) is 0 Å². The standard InChI is InChI=1S/C45H29N5/c1-4-14-30(15-5-1)38-29-42(48-44(47-38)31-16-6-2-7-17-31)50-39-23-11-10-20-37(39)43-34(21-12-24-40(43)50)32-25-26-35-36-22-13-27-46-45(36)49(41(35)28-32)33-18-8-3-9-19-33/h1-29H.